The minimum Gasteiger partial charge on any atom is -0.481 e. The first-order valence-corrected chi connectivity index (χ1v) is 12.8. The third-order valence-electron chi connectivity index (χ3n) is 7.99. The average Bonchev–Trinajstić information content (AvgIpc) is 3.46. The summed E-state index contributed by atoms with van der Waals surface area (Å²) in [5.41, 5.74) is 3.50. The lowest BCUT2D eigenvalue weighted by molar-refractivity contribution is -0.150. The second-order valence-corrected chi connectivity index (χ2v) is 10.9. The van der Waals surface area contributed by atoms with Gasteiger partial charge in [-0.05, 0) is 57.6 Å². The number of carbonyl (C=O) groups excluding carboxylic acids is 1. The molecule has 3 heterocycles. The van der Waals surface area contributed by atoms with E-state index >= 15 is 0 Å². The van der Waals surface area contributed by atoms with Crippen LogP contribution >= 0.6 is 11.6 Å². The zero-order valence-corrected chi connectivity index (χ0v) is 21.7. The second-order valence-electron chi connectivity index (χ2n) is 10.4. The molecule has 0 radical (unpaired) electrons. The fraction of sp³-hybridized carbons (Fsp3) is 0.538. The van der Waals surface area contributed by atoms with Crippen LogP contribution in [0.15, 0.2) is 24.5 Å². The van der Waals surface area contributed by atoms with Gasteiger partial charge in [0.1, 0.15) is 5.82 Å². The molecule has 1 aliphatic carbocycles. The molecule has 1 fully saturated rings. The number of amides is 1. The first-order chi connectivity index (χ1) is 17.2. The number of rotatable bonds is 5. The predicted octanol–water partition coefficient (Wildman–Crippen LogP) is 5.02. The fourth-order valence-corrected chi connectivity index (χ4v) is 5.92. The highest BCUT2D eigenvalue weighted by Gasteiger charge is 2.39. The summed E-state index contributed by atoms with van der Waals surface area (Å²) < 4.78 is 9.10. The summed E-state index contributed by atoms with van der Waals surface area (Å²) in [6, 6.07) is 4.32. The largest absolute Gasteiger partial charge is 0.481 e. The van der Waals surface area contributed by atoms with Gasteiger partial charge in [0.05, 0.1) is 53.9 Å². The normalized spacial score (nSPS) is 22.9. The van der Waals surface area contributed by atoms with Crippen molar-refractivity contribution in [3.63, 3.8) is 0 Å². The van der Waals surface area contributed by atoms with Gasteiger partial charge in [-0.2, -0.15) is 5.10 Å². The first-order valence-electron chi connectivity index (χ1n) is 12.5. The number of imidazole rings is 1. The van der Waals surface area contributed by atoms with Crippen LogP contribution in [-0.4, -0.2) is 55.1 Å². The molecule has 2 aromatic heterocycles. The molecule has 9 nitrogen and oxygen atoms in total. The highest BCUT2D eigenvalue weighted by atomic mass is 35.5. The van der Waals surface area contributed by atoms with Gasteiger partial charge in [0.15, 0.2) is 0 Å². The zero-order valence-electron chi connectivity index (χ0n) is 20.9. The van der Waals surface area contributed by atoms with E-state index in [4.69, 9.17) is 21.3 Å². The van der Waals surface area contributed by atoms with Gasteiger partial charge in [0, 0.05) is 24.2 Å². The molecule has 1 N–H and O–H groups in total. The molecule has 192 valence electrons. The van der Waals surface area contributed by atoms with Gasteiger partial charge in [-0.15, -0.1) is 0 Å². The van der Waals surface area contributed by atoms with E-state index in [1.165, 1.54) is 12.7 Å². The number of benzene rings is 1. The molecule has 1 amide bonds. The molecule has 36 heavy (non-hydrogen) atoms. The van der Waals surface area contributed by atoms with Gasteiger partial charge in [-0.3, -0.25) is 9.48 Å². The Balaban J connectivity index is 1.57. The summed E-state index contributed by atoms with van der Waals surface area (Å²) in [6.45, 7) is 5.68. The Morgan fingerprint density at radius 1 is 1.31 bits per heavy atom. The van der Waals surface area contributed by atoms with Crippen molar-refractivity contribution in [3.05, 3.63) is 46.5 Å². The molecule has 1 aromatic carbocycles. The molecule has 10 heteroatoms. The van der Waals surface area contributed by atoms with Crippen molar-refractivity contribution in [2.24, 2.45) is 5.41 Å². The van der Waals surface area contributed by atoms with Crippen LogP contribution in [0.5, 0.6) is 0 Å². The Kier molecular flexibility index (Phi) is 6.44. The van der Waals surface area contributed by atoms with Crippen molar-refractivity contribution in [1.29, 1.82) is 0 Å². The highest BCUT2D eigenvalue weighted by molar-refractivity contribution is 6.30. The van der Waals surface area contributed by atoms with E-state index in [9.17, 15) is 14.7 Å². The number of carboxylic acid groups (broad SMARTS) is 1. The number of hydrogen-bond donors (Lipinski definition) is 1. The fourth-order valence-electron chi connectivity index (χ4n) is 5.77. The third kappa shape index (κ3) is 4.34. The van der Waals surface area contributed by atoms with Gasteiger partial charge in [-0.25, -0.2) is 9.78 Å². The summed E-state index contributed by atoms with van der Waals surface area (Å²) >= 11 is 6.11. The lowest BCUT2D eigenvalue weighted by Gasteiger charge is -2.34. The Labute approximate surface area is 215 Å². The number of ether oxygens (including phenoxy) is 1. The summed E-state index contributed by atoms with van der Waals surface area (Å²) in [5, 5.41) is 14.7. The molecule has 2 aliphatic rings. The number of carbonyl (C=O) groups is 2. The van der Waals surface area contributed by atoms with Crippen LogP contribution in [-0.2, 0) is 29.0 Å². The SMILES string of the molecule is COC(=O)N1CCc2ccc3c(nc(C4CCC(C)(C(=O)O)CC4)n3[C@@H](C)Cn3cc(Cl)cn3)c2C1. The summed E-state index contributed by atoms with van der Waals surface area (Å²) in [4.78, 5) is 31.0. The van der Waals surface area contributed by atoms with E-state index in [0.717, 1.165) is 41.7 Å². The molecule has 1 saturated carbocycles. The quantitative estimate of drug-likeness (QED) is 0.514. The number of halogens is 1. The number of nitrogens with zero attached hydrogens (tertiary/aromatic N) is 5. The lowest BCUT2D eigenvalue weighted by atomic mass is 9.71. The van der Waals surface area contributed by atoms with E-state index in [0.29, 0.717) is 37.5 Å². The van der Waals surface area contributed by atoms with Crippen molar-refractivity contribution >= 4 is 34.7 Å². The summed E-state index contributed by atoms with van der Waals surface area (Å²) in [5.74, 6) is 0.409. The molecule has 0 saturated heterocycles. The lowest BCUT2D eigenvalue weighted by Crippen LogP contribution is -2.35. The minimum atomic E-state index is -0.727. The van der Waals surface area contributed by atoms with Crippen molar-refractivity contribution < 1.29 is 19.4 Å². The van der Waals surface area contributed by atoms with Gasteiger partial charge >= 0.3 is 12.1 Å². The van der Waals surface area contributed by atoms with Crippen LogP contribution in [0.2, 0.25) is 5.02 Å². The van der Waals surface area contributed by atoms with Crippen molar-refractivity contribution in [2.45, 2.75) is 71.0 Å². The molecule has 5 rings (SSSR count). The van der Waals surface area contributed by atoms with E-state index in [2.05, 4.69) is 28.7 Å². The van der Waals surface area contributed by atoms with Crippen LogP contribution in [0.4, 0.5) is 4.79 Å². The van der Waals surface area contributed by atoms with Crippen LogP contribution in [0.3, 0.4) is 0 Å². The Morgan fingerprint density at radius 2 is 2.06 bits per heavy atom. The Hall–Kier alpha value is -3.07. The van der Waals surface area contributed by atoms with E-state index < -0.39 is 11.4 Å². The second kappa shape index (κ2) is 9.42. The number of hydrogen-bond acceptors (Lipinski definition) is 5. The predicted molar refractivity (Wildman–Crippen MR) is 135 cm³/mol. The summed E-state index contributed by atoms with van der Waals surface area (Å²) in [7, 11) is 1.41. The van der Waals surface area contributed by atoms with Crippen LogP contribution in [0, 0.1) is 5.41 Å². The number of fused-ring (bicyclic) bond motifs is 3. The van der Waals surface area contributed by atoms with E-state index in [1.807, 2.05) is 17.8 Å². The van der Waals surface area contributed by atoms with Crippen LogP contribution in [0.25, 0.3) is 11.0 Å². The first kappa shape index (κ1) is 24.6. The van der Waals surface area contributed by atoms with Crippen molar-refractivity contribution in [2.75, 3.05) is 13.7 Å². The number of aromatic nitrogens is 4. The van der Waals surface area contributed by atoms with E-state index in [-0.39, 0.29) is 18.1 Å². The summed E-state index contributed by atoms with van der Waals surface area (Å²) in [6.07, 6.45) is 6.64. The van der Waals surface area contributed by atoms with Crippen molar-refractivity contribution in [1.82, 2.24) is 24.2 Å². The molecular formula is C26H32ClN5O4. The third-order valence-corrected chi connectivity index (χ3v) is 8.18. The van der Waals surface area contributed by atoms with E-state index in [1.54, 1.807) is 11.1 Å². The maximum absolute atomic E-state index is 12.3. The molecule has 0 bridgehead atoms. The highest BCUT2D eigenvalue weighted by Crippen LogP contribution is 2.44. The monoisotopic (exact) mass is 513 g/mol. The van der Waals surface area contributed by atoms with Gasteiger partial charge in [0.25, 0.3) is 0 Å². The smallest absolute Gasteiger partial charge is 0.409 e. The molecule has 1 atom stereocenters. The molecule has 0 unspecified atom stereocenters. The minimum absolute atomic E-state index is 0.0344. The number of methoxy groups -OCH3 is 1. The van der Waals surface area contributed by atoms with Gasteiger partial charge in [0.2, 0.25) is 0 Å². The van der Waals surface area contributed by atoms with Crippen LogP contribution in [0.1, 0.15) is 68.4 Å². The average molecular weight is 514 g/mol. The molecule has 1 aliphatic heterocycles. The molecular weight excluding hydrogens is 482 g/mol. The zero-order chi connectivity index (χ0) is 25.6. The van der Waals surface area contributed by atoms with Gasteiger partial charge in [-0.1, -0.05) is 17.7 Å². The Bertz CT molecular complexity index is 1310. The molecule has 3 aromatic rings. The van der Waals surface area contributed by atoms with Gasteiger partial charge < -0.3 is 19.3 Å². The topological polar surface area (TPSA) is 102 Å². The van der Waals surface area contributed by atoms with Crippen LogP contribution < -0.4 is 0 Å². The number of aliphatic carboxylic acids is 1. The van der Waals surface area contributed by atoms with Crippen molar-refractivity contribution in [3.8, 4) is 0 Å². The standard InChI is InChI=1S/C26H32ClN5O4/c1-16(13-31-14-19(27)12-28-31)32-21-5-4-17-8-11-30(25(35)36-3)15-20(17)22(21)29-23(32)18-6-9-26(2,10-7-18)24(33)34/h4-5,12,14,16,18H,6-11,13,15H2,1-3H3,(H,33,34)/t16-,18?,26?/m0/s1. The Morgan fingerprint density at radius 3 is 2.69 bits per heavy atom. The maximum atomic E-state index is 12.3. The number of carboxylic acids is 1. The molecule has 0 spiro atoms. The maximum Gasteiger partial charge on any atom is 0.409 e.